The largest absolute Gasteiger partial charge is 0.388 e. The number of rotatable bonds is 3. The molecule has 0 aliphatic heterocycles. The Labute approximate surface area is 105 Å². The minimum atomic E-state index is -0.520. The maximum absolute atomic E-state index is 10.1. The van der Waals surface area contributed by atoms with E-state index in [4.69, 9.17) is 0 Å². The molecule has 0 amide bonds. The van der Waals surface area contributed by atoms with Crippen molar-refractivity contribution in [2.45, 2.75) is 33.3 Å². The summed E-state index contributed by atoms with van der Waals surface area (Å²) < 4.78 is 0. The second-order valence-electron chi connectivity index (χ2n) is 4.20. The highest BCUT2D eigenvalue weighted by Gasteiger charge is 2.12. The fourth-order valence-corrected chi connectivity index (χ4v) is 2.56. The van der Waals surface area contributed by atoms with Gasteiger partial charge in [-0.05, 0) is 32.4 Å². The highest BCUT2D eigenvalue weighted by Crippen LogP contribution is 2.23. The average molecular weight is 248 g/mol. The Balaban J connectivity index is 2.11. The van der Waals surface area contributed by atoms with Crippen LogP contribution in [0.25, 0.3) is 0 Å². The summed E-state index contributed by atoms with van der Waals surface area (Å²) >= 11 is 1.65. The Morgan fingerprint density at radius 2 is 2.06 bits per heavy atom. The number of thiazole rings is 1. The average Bonchev–Trinajstić information content (AvgIpc) is 2.58. The van der Waals surface area contributed by atoms with Crippen molar-refractivity contribution in [1.29, 1.82) is 0 Å². The van der Waals surface area contributed by atoms with Crippen LogP contribution in [-0.2, 0) is 6.42 Å². The van der Waals surface area contributed by atoms with Gasteiger partial charge in [0.25, 0.3) is 0 Å². The lowest BCUT2D eigenvalue weighted by Crippen LogP contribution is -2.02. The predicted octanol–water partition coefficient (Wildman–Crippen LogP) is 2.74. The number of aromatic nitrogens is 2. The zero-order valence-corrected chi connectivity index (χ0v) is 11.1. The van der Waals surface area contributed by atoms with E-state index in [1.54, 1.807) is 17.5 Å². The number of hydrogen-bond donors (Lipinski definition) is 1. The monoisotopic (exact) mass is 248 g/mol. The third-order valence-electron chi connectivity index (χ3n) is 2.76. The second kappa shape index (κ2) is 4.94. The van der Waals surface area contributed by atoms with Gasteiger partial charge in [-0.2, -0.15) is 0 Å². The summed E-state index contributed by atoms with van der Waals surface area (Å²) in [5.74, 6) is 0. The number of hydrogen-bond acceptors (Lipinski definition) is 4. The van der Waals surface area contributed by atoms with Crippen LogP contribution < -0.4 is 0 Å². The number of aliphatic hydroxyl groups excluding tert-OH is 1. The van der Waals surface area contributed by atoms with Crippen molar-refractivity contribution in [1.82, 2.24) is 9.97 Å². The maximum Gasteiger partial charge on any atom is 0.0960 e. The van der Waals surface area contributed by atoms with Crippen LogP contribution in [0, 0.1) is 20.8 Å². The summed E-state index contributed by atoms with van der Waals surface area (Å²) in [5.41, 5.74) is 2.86. The molecule has 1 N–H and O–H groups in total. The Hall–Kier alpha value is -1.26. The number of aryl methyl sites for hydroxylation is 3. The molecule has 17 heavy (non-hydrogen) atoms. The molecule has 0 aliphatic carbocycles. The van der Waals surface area contributed by atoms with E-state index in [-0.39, 0.29) is 0 Å². The summed E-state index contributed by atoms with van der Waals surface area (Å²) in [7, 11) is 0. The van der Waals surface area contributed by atoms with E-state index in [1.165, 1.54) is 4.88 Å². The topological polar surface area (TPSA) is 46.0 Å². The molecule has 0 spiro atoms. The molecule has 0 aliphatic rings. The summed E-state index contributed by atoms with van der Waals surface area (Å²) in [6.45, 7) is 5.98. The Bertz CT molecular complexity index is 485. The quantitative estimate of drug-likeness (QED) is 0.908. The van der Waals surface area contributed by atoms with E-state index >= 15 is 0 Å². The molecule has 1 atom stereocenters. The fraction of sp³-hybridized carbons (Fsp3) is 0.385. The molecule has 1 unspecified atom stereocenters. The van der Waals surface area contributed by atoms with Gasteiger partial charge in [-0.15, -0.1) is 11.3 Å². The van der Waals surface area contributed by atoms with E-state index in [9.17, 15) is 5.11 Å². The lowest BCUT2D eigenvalue weighted by Gasteiger charge is -2.08. The molecule has 2 aromatic rings. The molecule has 2 heterocycles. The van der Waals surface area contributed by atoms with Crippen LogP contribution in [0.1, 0.15) is 32.9 Å². The predicted molar refractivity (Wildman–Crippen MR) is 69.2 cm³/mol. The number of pyridine rings is 1. The summed E-state index contributed by atoms with van der Waals surface area (Å²) in [6.07, 6.45) is 1.77. The van der Waals surface area contributed by atoms with Crippen molar-refractivity contribution >= 4 is 11.3 Å². The van der Waals surface area contributed by atoms with Crippen LogP contribution in [0.2, 0.25) is 0 Å². The highest BCUT2D eigenvalue weighted by atomic mass is 32.1. The number of aliphatic hydroxyl groups is 1. The minimum Gasteiger partial charge on any atom is -0.388 e. The smallest absolute Gasteiger partial charge is 0.0960 e. The molecule has 0 saturated heterocycles. The van der Waals surface area contributed by atoms with Gasteiger partial charge in [-0.3, -0.25) is 4.98 Å². The second-order valence-corrected chi connectivity index (χ2v) is 5.49. The van der Waals surface area contributed by atoms with Gasteiger partial charge >= 0.3 is 0 Å². The zero-order valence-electron chi connectivity index (χ0n) is 10.3. The van der Waals surface area contributed by atoms with Gasteiger partial charge in [0.05, 0.1) is 16.8 Å². The van der Waals surface area contributed by atoms with Gasteiger partial charge in [-0.25, -0.2) is 4.98 Å². The minimum absolute atomic E-state index is 0.520. The SMILES string of the molecule is Cc1ccc(C(O)Cc2nc(C)c(C)s2)cn1. The first-order valence-corrected chi connectivity index (χ1v) is 6.41. The molecular formula is C13H16N2OS. The molecule has 0 radical (unpaired) electrons. The first kappa shape index (κ1) is 12.2. The molecule has 90 valence electrons. The summed E-state index contributed by atoms with van der Waals surface area (Å²) in [5, 5.41) is 11.1. The lowest BCUT2D eigenvalue weighted by atomic mass is 10.1. The van der Waals surface area contributed by atoms with Crippen LogP contribution in [0.15, 0.2) is 18.3 Å². The van der Waals surface area contributed by atoms with Gasteiger partial charge < -0.3 is 5.11 Å². The van der Waals surface area contributed by atoms with Crippen molar-refractivity contribution < 1.29 is 5.11 Å². The van der Waals surface area contributed by atoms with Crippen LogP contribution in [-0.4, -0.2) is 15.1 Å². The van der Waals surface area contributed by atoms with Gasteiger partial charge in [0.15, 0.2) is 0 Å². The van der Waals surface area contributed by atoms with Gasteiger partial charge in [-0.1, -0.05) is 6.07 Å². The lowest BCUT2D eigenvalue weighted by molar-refractivity contribution is 0.178. The van der Waals surface area contributed by atoms with Crippen LogP contribution in [0.4, 0.5) is 0 Å². The molecular weight excluding hydrogens is 232 g/mol. The first-order chi connectivity index (χ1) is 8.06. The zero-order chi connectivity index (χ0) is 12.4. The summed E-state index contributed by atoms with van der Waals surface area (Å²) in [6, 6.07) is 3.83. The van der Waals surface area contributed by atoms with Gasteiger partial charge in [0, 0.05) is 23.2 Å². The molecule has 0 aromatic carbocycles. The van der Waals surface area contributed by atoms with Crippen LogP contribution in [0.3, 0.4) is 0 Å². The van der Waals surface area contributed by atoms with Crippen LogP contribution in [0.5, 0.6) is 0 Å². The van der Waals surface area contributed by atoms with Crippen molar-refractivity contribution in [3.8, 4) is 0 Å². The summed E-state index contributed by atoms with van der Waals surface area (Å²) in [4.78, 5) is 9.84. The highest BCUT2D eigenvalue weighted by molar-refractivity contribution is 7.11. The molecule has 2 aromatic heterocycles. The molecule has 0 fully saturated rings. The van der Waals surface area contributed by atoms with Crippen LogP contribution >= 0.6 is 11.3 Å². The first-order valence-electron chi connectivity index (χ1n) is 5.60. The van der Waals surface area contributed by atoms with E-state index in [2.05, 4.69) is 16.9 Å². The Morgan fingerprint density at radius 3 is 2.59 bits per heavy atom. The standard InChI is InChI=1S/C13H16N2OS/c1-8-4-5-11(7-14-8)12(16)6-13-15-9(2)10(3)17-13/h4-5,7,12,16H,6H2,1-3H3. The third kappa shape index (κ3) is 2.90. The van der Waals surface area contributed by atoms with Gasteiger partial charge in [0.2, 0.25) is 0 Å². The number of nitrogens with zero attached hydrogens (tertiary/aromatic N) is 2. The van der Waals surface area contributed by atoms with E-state index in [0.717, 1.165) is 22.0 Å². The van der Waals surface area contributed by atoms with E-state index < -0.39 is 6.10 Å². The normalized spacial score (nSPS) is 12.7. The third-order valence-corrected chi connectivity index (χ3v) is 3.85. The van der Waals surface area contributed by atoms with Gasteiger partial charge in [0.1, 0.15) is 0 Å². The van der Waals surface area contributed by atoms with E-state index in [1.807, 2.05) is 26.0 Å². The Kier molecular flexibility index (Phi) is 3.54. The molecule has 0 bridgehead atoms. The maximum atomic E-state index is 10.1. The Morgan fingerprint density at radius 1 is 1.29 bits per heavy atom. The van der Waals surface area contributed by atoms with Crippen molar-refractivity contribution in [3.05, 3.63) is 45.2 Å². The molecule has 2 rings (SSSR count). The molecule has 0 saturated carbocycles. The molecule has 4 heteroatoms. The van der Waals surface area contributed by atoms with Crippen molar-refractivity contribution in [3.63, 3.8) is 0 Å². The van der Waals surface area contributed by atoms with E-state index in [0.29, 0.717) is 6.42 Å². The van der Waals surface area contributed by atoms with Crippen molar-refractivity contribution in [2.24, 2.45) is 0 Å². The fourth-order valence-electron chi connectivity index (χ4n) is 1.59. The van der Waals surface area contributed by atoms with Crippen molar-refractivity contribution in [2.75, 3.05) is 0 Å². The molecule has 3 nitrogen and oxygen atoms in total.